The van der Waals surface area contributed by atoms with Gasteiger partial charge in [0.1, 0.15) is 22.6 Å². The van der Waals surface area contributed by atoms with Gasteiger partial charge in [-0.05, 0) is 52.0 Å². The number of amides is 1. The van der Waals surface area contributed by atoms with E-state index in [1.165, 1.54) is 6.07 Å². The Balaban J connectivity index is 1.74. The molecule has 214 valence electrons. The van der Waals surface area contributed by atoms with Crippen LogP contribution < -0.4 is 19.4 Å². The number of hydrogen-bond acceptors (Lipinski definition) is 6. The van der Waals surface area contributed by atoms with Crippen molar-refractivity contribution >= 4 is 28.7 Å². The zero-order valence-corrected chi connectivity index (χ0v) is 24.3. The fraction of sp³-hybridized carbons (Fsp3) is 0.265. The van der Waals surface area contributed by atoms with Crippen LogP contribution in [0.25, 0.3) is 0 Å². The van der Waals surface area contributed by atoms with Gasteiger partial charge in [0.2, 0.25) is 0 Å². The van der Waals surface area contributed by atoms with E-state index in [1.54, 1.807) is 11.0 Å². The van der Waals surface area contributed by atoms with Crippen LogP contribution in [0.5, 0.6) is 11.5 Å². The van der Waals surface area contributed by atoms with Gasteiger partial charge in [0.15, 0.2) is 0 Å². The molecule has 0 atom stereocenters. The molecule has 8 heteroatoms. The molecule has 2 aliphatic rings. The highest BCUT2D eigenvalue weighted by molar-refractivity contribution is 6.16. The van der Waals surface area contributed by atoms with Crippen LogP contribution in [-0.4, -0.2) is 37.0 Å². The first-order valence-electron chi connectivity index (χ1n) is 14.5. The molecule has 4 aromatic carbocycles. The number of benzene rings is 4. The van der Waals surface area contributed by atoms with Gasteiger partial charge in [0.25, 0.3) is 11.6 Å². The lowest BCUT2D eigenvalue weighted by Gasteiger charge is -2.44. The van der Waals surface area contributed by atoms with Crippen molar-refractivity contribution in [2.75, 3.05) is 40.9 Å². The largest absolute Gasteiger partial charge is 0.456 e. The molecule has 0 bridgehead atoms. The summed E-state index contributed by atoms with van der Waals surface area (Å²) in [4.78, 5) is 32.5. The number of carbonyl (C=O) groups excluding carboxylic acids is 1. The predicted molar refractivity (Wildman–Crippen MR) is 166 cm³/mol. The van der Waals surface area contributed by atoms with Gasteiger partial charge in [0, 0.05) is 78.1 Å². The van der Waals surface area contributed by atoms with Crippen LogP contribution in [0.1, 0.15) is 54.7 Å². The number of nitro benzene ring substituents is 1. The smallest absolute Gasteiger partial charge is 0.282 e. The van der Waals surface area contributed by atoms with Crippen LogP contribution in [0.4, 0.5) is 22.7 Å². The fourth-order valence-electron chi connectivity index (χ4n) is 6.65. The molecule has 0 aromatic heterocycles. The Morgan fingerprint density at radius 2 is 1.29 bits per heavy atom. The lowest BCUT2D eigenvalue weighted by molar-refractivity contribution is -0.385. The number of fused-ring (bicyclic) bond motifs is 6. The topological polar surface area (TPSA) is 79.2 Å². The summed E-state index contributed by atoms with van der Waals surface area (Å²) in [5, 5.41) is 12.3. The first-order chi connectivity index (χ1) is 20.4. The summed E-state index contributed by atoms with van der Waals surface area (Å²) in [5.74, 6) is 0.830. The molecule has 0 saturated carbocycles. The van der Waals surface area contributed by atoms with E-state index in [0.717, 1.165) is 48.7 Å². The maximum Gasteiger partial charge on any atom is 0.282 e. The monoisotopic (exact) mass is 562 g/mol. The van der Waals surface area contributed by atoms with E-state index in [9.17, 15) is 14.9 Å². The van der Waals surface area contributed by atoms with E-state index in [4.69, 9.17) is 4.74 Å². The highest BCUT2D eigenvalue weighted by Crippen LogP contribution is 2.60. The molecule has 2 aliphatic heterocycles. The third-order valence-corrected chi connectivity index (χ3v) is 8.58. The quantitative estimate of drug-likeness (QED) is 0.165. The molecule has 4 aromatic rings. The van der Waals surface area contributed by atoms with Gasteiger partial charge in [-0.15, -0.1) is 0 Å². The molecule has 0 radical (unpaired) electrons. The van der Waals surface area contributed by atoms with E-state index < -0.39 is 16.4 Å². The molecule has 1 amide bonds. The zero-order chi connectivity index (χ0) is 29.6. The molecule has 8 nitrogen and oxygen atoms in total. The third kappa shape index (κ3) is 3.85. The number of hydrogen-bond donors (Lipinski definition) is 0. The van der Waals surface area contributed by atoms with Crippen molar-refractivity contribution in [3.8, 4) is 11.5 Å². The number of carbonyl (C=O) groups is 1. The second kappa shape index (κ2) is 10.5. The summed E-state index contributed by atoms with van der Waals surface area (Å²) < 4.78 is 6.71. The SMILES string of the molecule is CCN(CC)c1ccc2c(c1)Oc1cc(N(CC)CC)ccc1C21c2cccc([N+](=O)[O-])c2C(=O)N1c1ccccc1. The Bertz CT molecular complexity index is 1620. The van der Waals surface area contributed by atoms with Crippen LogP contribution >= 0.6 is 0 Å². The molecule has 0 N–H and O–H groups in total. The Labute approximate surface area is 245 Å². The maximum atomic E-state index is 14.5. The Morgan fingerprint density at radius 1 is 0.738 bits per heavy atom. The molecular weight excluding hydrogens is 528 g/mol. The standard InChI is InChI=1S/C34H34N4O4/c1-5-35(6-2)24-17-19-26-30(21-24)42-31-22-25(36(7-3)8-4)18-20-27(31)34(26)28-15-12-16-29(38(40)41)32(28)33(39)37(34)23-13-10-9-11-14-23/h9-22H,5-8H2,1-4H3. The maximum absolute atomic E-state index is 14.5. The van der Waals surface area contributed by atoms with Crippen LogP contribution in [0.3, 0.4) is 0 Å². The number of para-hydroxylation sites is 1. The summed E-state index contributed by atoms with van der Waals surface area (Å²) in [6.07, 6.45) is 0. The molecular formula is C34H34N4O4. The molecule has 0 unspecified atom stereocenters. The van der Waals surface area contributed by atoms with Crippen molar-refractivity contribution in [3.63, 3.8) is 0 Å². The summed E-state index contributed by atoms with van der Waals surface area (Å²) in [7, 11) is 0. The molecule has 1 spiro atoms. The molecule has 0 fully saturated rings. The van der Waals surface area contributed by atoms with Crippen LogP contribution in [0.2, 0.25) is 0 Å². The number of anilines is 3. The van der Waals surface area contributed by atoms with Crippen molar-refractivity contribution in [1.82, 2.24) is 0 Å². The number of nitrogens with zero attached hydrogens (tertiary/aromatic N) is 4. The Kier molecular flexibility index (Phi) is 6.85. The van der Waals surface area contributed by atoms with Crippen molar-refractivity contribution in [1.29, 1.82) is 0 Å². The minimum atomic E-state index is -1.19. The van der Waals surface area contributed by atoms with Crippen molar-refractivity contribution in [2.45, 2.75) is 33.2 Å². The zero-order valence-electron chi connectivity index (χ0n) is 24.3. The molecule has 0 saturated heterocycles. The second-order valence-electron chi connectivity index (χ2n) is 10.5. The predicted octanol–water partition coefficient (Wildman–Crippen LogP) is 7.35. The third-order valence-electron chi connectivity index (χ3n) is 8.58. The number of rotatable bonds is 8. The van der Waals surface area contributed by atoms with E-state index in [2.05, 4.69) is 49.6 Å². The van der Waals surface area contributed by atoms with Crippen molar-refractivity contribution in [2.24, 2.45) is 0 Å². The van der Waals surface area contributed by atoms with E-state index in [0.29, 0.717) is 22.7 Å². The molecule has 42 heavy (non-hydrogen) atoms. The summed E-state index contributed by atoms with van der Waals surface area (Å²) in [5.41, 5.74) is 3.46. The van der Waals surface area contributed by atoms with Gasteiger partial charge < -0.3 is 14.5 Å². The van der Waals surface area contributed by atoms with E-state index in [1.807, 2.05) is 60.7 Å². The molecule has 2 heterocycles. The van der Waals surface area contributed by atoms with Gasteiger partial charge in [-0.1, -0.05) is 42.5 Å². The van der Waals surface area contributed by atoms with Gasteiger partial charge >= 0.3 is 0 Å². The van der Waals surface area contributed by atoms with Crippen molar-refractivity contribution < 1.29 is 14.5 Å². The van der Waals surface area contributed by atoms with Crippen molar-refractivity contribution in [3.05, 3.63) is 117 Å². The lowest BCUT2D eigenvalue weighted by atomic mass is 9.74. The van der Waals surface area contributed by atoms with Crippen LogP contribution in [0, 0.1) is 10.1 Å². The number of nitro groups is 1. The molecule has 0 aliphatic carbocycles. The van der Waals surface area contributed by atoms with E-state index >= 15 is 0 Å². The average molecular weight is 563 g/mol. The molecule has 6 rings (SSSR count). The van der Waals surface area contributed by atoms with Crippen LogP contribution in [-0.2, 0) is 5.54 Å². The first kappa shape index (κ1) is 27.3. The fourth-order valence-corrected chi connectivity index (χ4v) is 6.65. The summed E-state index contributed by atoms with van der Waals surface area (Å²) in [6.45, 7) is 11.7. The Morgan fingerprint density at radius 3 is 1.79 bits per heavy atom. The Hall–Kier alpha value is -4.85. The minimum Gasteiger partial charge on any atom is -0.456 e. The number of ether oxygens (including phenoxy) is 1. The van der Waals surface area contributed by atoms with Gasteiger partial charge in [0.05, 0.1) is 4.92 Å². The highest BCUT2D eigenvalue weighted by Gasteiger charge is 2.59. The van der Waals surface area contributed by atoms with Gasteiger partial charge in [-0.3, -0.25) is 19.8 Å². The van der Waals surface area contributed by atoms with Crippen LogP contribution in [0.15, 0.2) is 84.9 Å². The van der Waals surface area contributed by atoms with Gasteiger partial charge in [-0.2, -0.15) is 0 Å². The minimum absolute atomic E-state index is 0.103. The first-order valence-corrected chi connectivity index (χ1v) is 14.5. The lowest BCUT2D eigenvalue weighted by Crippen LogP contribution is -2.47. The summed E-state index contributed by atoms with van der Waals surface area (Å²) >= 11 is 0. The van der Waals surface area contributed by atoms with E-state index in [-0.39, 0.29) is 11.3 Å². The second-order valence-corrected chi connectivity index (χ2v) is 10.5. The normalized spacial score (nSPS) is 14.2. The highest BCUT2D eigenvalue weighted by atomic mass is 16.6. The summed E-state index contributed by atoms with van der Waals surface area (Å²) in [6, 6.07) is 26.5. The van der Waals surface area contributed by atoms with Gasteiger partial charge in [-0.25, -0.2) is 0 Å². The average Bonchev–Trinajstić information content (AvgIpc) is 3.27.